The quantitative estimate of drug-likeness (QED) is 0.770. The van der Waals surface area contributed by atoms with Crippen LogP contribution in [-0.4, -0.2) is 18.8 Å². The third kappa shape index (κ3) is 4.66. The van der Waals surface area contributed by atoms with Gasteiger partial charge in [0.25, 0.3) is 0 Å². The molecule has 0 spiro atoms. The first-order valence-electron chi connectivity index (χ1n) is 7.28. The lowest BCUT2D eigenvalue weighted by Crippen LogP contribution is -2.08. The van der Waals surface area contributed by atoms with Gasteiger partial charge in [-0.3, -0.25) is 0 Å². The molecule has 1 aromatic rings. The molecule has 0 amide bonds. The molecule has 100 valence electrons. The summed E-state index contributed by atoms with van der Waals surface area (Å²) >= 11 is 2.09. The summed E-state index contributed by atoms with van der Waals surface area (Å²) in [5.74, 6) is 0. The highest BCUT2D eigenvalue weighted by Gasteiger charge is 2.14. The Morgan fingerprint density at radius 3 is 2.50 bits per heavy atom. The second-order valence-electron chi connectivity index (χ2n) is 5.23. The van der Waals surface area contributed by atoms with Crippen LogP contribution in [0.15, 0.2) is 29.2 Å². The molecule has 0 saturated heterocycles. The Kier molecular flexibility index (Phi) is 6.09. The van der Waals surface area contributed by atoms with E-state index in [2.05, 4.69) is 41.3 Å². The summed E-state index contributed by atoms with van der Waals surface area (Å²) in [7, 11) is 2.02. The fourth-order valence-electron chi connectivity index (χ4n) is 2.58. The summed E-state index contributed by atoms with van der Waals surface area (Å²) in [5, 5.41) is 4.07. The molecule has 0 aromatic heterocycles. The minimum atomic E-state index is 0.869. The van der Waals surface area contributed by atoms with Gasteiger partial charge in [0.1, 0.15) is 0 Å². The van der Waals surface area contributed by atoms with Gasteiger partial charge in [0.15, 0.2) is 0 Å². The summed E-state index contributed by atoms with van der Waals surface area (Å²) in [6.07, 6.45) is 9.55. The lowest BCUT2D eigenvalue weighted by molar-refractivity contribution is 0.516. The Bertz CT molecular complexity index is 327. The molecule has 18 heavy (non-hydrogen) atoms. The summed E-state index contributed by atoms with van der Waals surface area (Å²) in [6, 6.07) is 9.24. The molecular weight excluding hydrogens is 238 g/mol. The van der Waals surface area contributed by atoms with Gasteiger partial charge in [-0.1, -0.05) is 31.4 Å². The van der Waals surface area contributed by atoms with Crippen molar-refractivity contribution in [2.75, 3.05) is 13.6 Å². The predicted molar refractivity (Wildman–Crippen MR) is 81.4 cm³/mol. The number of aryl methyl sites for hydroxylation is 1. The van der Waals surface area contributed by atoms with Crippen LogP contribution in [0.4, 0.5) is 0 Å². The maximum absolute atomic E-state index is 3.20. The van der Waals surface area contributed by atoms with Crippen molar-refractivity contribution < 1.29 is 0 Å². The van der Waals surface area contributed by atoms with E-state index in [1.54, 1.807) is 0 Å². The minimum Gasteiger partial charge on any atom is -0.320 e. The van der Waals surface area contributed by atoms with Crippen LogP contribution in [0.2, 0.25) is 0 Å². The summed E-state index contributed by atoms with van der Waals surface area (Å²) in [6.45, 7) is 1.11. The van der Waals surface area contributed by atoms with Gasteiger partial charge in [-0.2, -0.15) is 0 Å². The van der Waals surface area contributed by atoms with E-state index in [1.807, 2.05) is 7.05 Å². The fraction of sp³-hybridized carbons (Fsp3) is 0.625. The molecule has 0 bridgehead atoms. The van der Waals surface area contributed by atoms with E-state index in [9.17, 15) is 0 Å². The molecule has 1 N–H and O–H groups in total. The molecule has 1 aliphatic carbocycles. The first-order chi connectivity index (χ1) is 8.88. The lowest BCUT2D eigenvalue weighted by atomic mass is 10.0. The highest BCUT2D eigenvalue weighted by molar-refractivity contribution is 8.00. The smallest absolute Gasteiger partial charge is 0.00944 e. The maximum atomic E-state index is 3.20. The van der Waals surface area contributed by atoms with Crippen LogP contribution in [-0.2, 0) is 6.42 Å². The van der Waals surface area contributed by atoms with Gasteiger partial charge in [-0.05, 0) is 57.0 Å². The molecule has 1 saturated carbocycles. The Hall–Kier alpha value is -0.470. The molecule has 0 unspecified atom stereocenters. The second kappa shape index (κ2) is 7.85. The standard InChI is InChI=1S/C16H25NS/c1-17-13-5-6-14-9-11-16(12-10-14)18-15-7-3-2-4-8-15/h9-12,15,17H,2-8,13H2,1H3. The fourth-order valence-corrected chi connectivity index (χ4v) is 3.83. The average Bonchev–Trinajstić information content (AvgIpc) is 2.42. The molecule has 1 aromatic carbocycles. The number of thioether (sulfide) groups is 1. The number of benzene rings is 1. The Morgan fingerprint density at radius 1 is 1.11 bits per heavy atom. The SMILES string of the molecule is CNCCCc1ccc(SC2CCCCC2)cc1. The van der Waals surface area contributed by atoms with Crippen molar-refractivity contribution in [1.29, 1.82) is 0 Å². The van der Waals surface area contributed by atoms with Crippen molar-refractivity contribution in [3.8, 4) is 0 Å². The van der Waals surface area contributed by atoms with Crippen molar-refractivity contribution in [1.82, 2.24) is 5.32 Å². The van der Waals surface area contributed by atoms with Gasteiger partial charge < -0.3 is 5.32 Å². The van der Waals surface area contributed by atoms with Crippen LogP contribution in [0.25, 0.3) is 0 Å². The first-order valence-corrected chi connectivity index (χ1v) is 8.16. The Labute approximate surface area is 116 Å². The normalized spacial score (nSPS) is 16.9. The molecule has 1 nitrogen and oxygen atoms in total. The molecule has 0 atom stereocenters. The topological polar surface area (TPSA) is 12.0 Å². The largest absolute Gasteiger partial charge is 0.320 e. The van der Waals surface area contributed by atoms with Crippen LogP contribution < -0.4 is 5.32 Å². The van der Waals surface area contributed by atoms with E-state index in [1.165, 1.54) is 55.4 Å². The van der Waals surface area contributed by atoms with Gasteiger partial charge in [-0.15, -0.1) is 11.8 Å². The molecule has 0 radical (unpaired) electrons. The zero-order chi connectivity index (χ0) is 12.6. The first kappa shape index (κ1) is 14.0. The van der Waals surface area contributed by atoms with E-state index in [0.29, 0.717) is 0 Å². The van der Waals surface area contributed by atoms with Gasteiger partial charge >= 0.3 is 0 Å². The molecule has 1 aliphatic rings. The van der Waals surface area contributed by atoms with Gasteiger partial charge in [0.2, 0.25) is 0 Å². The van der Waals surface area contributed by atoms with E-state index >= 15 is 0 Å². The monoisotopic (exact) mass is 263 g/mol. The summed E-state index contributed by atoms with van der Waals surface area (Å²) in [4.78, 5) is 1.46. The van der Waals surface area contributed by atoms with Crippen LogP contribution in [0.1, 0.15) is 44.1 Å². The number of nitrogens with one attached hydrogen (secondary N) is 1. The van der Waals surface area contributed by atoms with Crippen LogP contribution in [0.3, 0.4) is 0 Å². The van der Waals surface area contributed by atoms with Crippen molar-refractivity contribution in [2.24, 2.45) is 0 Å². The van der Waals surface area contributed by atoms with Crippen molar-refractivity contribution >= 4 is 11.8 Å². The van der Waals surface area contributed by atoms with Gasteiger partial charge in [0.05, 0.1) is 0 Å². The van der Waals surface area contributed by atoms with Crippen LogP contribution >= 0.6 is 11.8 Å². The molecule has 2 heteroatoms. The number of rotatable bonds is 6. The Balaban J connectivity index is 1.79. The van der Waals surface area contributed by atoms with Crippen LogP contribution in [0.5, 0.6) is 0 Å². The molecule has 1 fully saturated rings. The summed E-state index contributed by atoms with van der Waals surface area (Å²) in [5.41, 5.74) is 1.47. The molecule has 2 rings (SSSR count). The number of hydrogen-bond acceptors (Lipinski definition) is 2. The van der Waals surface area contributed by atoms with E-state index < -0.39 is 0 Å². The lowest BCUT2D eigenvalue weighted by Gasteiger charge is -2.20. The minimum absolute atomic E-state index is 0.869. The zero-order valence-electron chi connectivity index (χ0n) is 11.5. The van der Waals surface area contributed by atoms with Crippen molar-refractivity contribution in [3.05, 3.63) is 29.8 Å². The van der Waals surface area contributed by atoms with Crippen molar-refractivity contribution in [3.63, 3.8) is 0 Å². The van der Waals surface area contributed by atoms with Crippen molar-refractivity contribution in [2.45, 2.75) is 55.1 Å². The van der Waals surface area contributed by atoms with Crippen LogP contribution in [0, 0.1) is 0 Å². The molecule has 0 aliphatic heterocycles. The molecule has 0 heterocycles. The third-order valence-corrected chi connectivity index (χ3v) is 5.02. The van der Waals surface area contributed by atoms with E-state index in [4.69, 9.17) is 0 Å². The zero-order valence-corrected chi connectivity index (χ0v) is 12.3. The number of hydrogen-bond donors (Lipinski definition) is 1. The Morgan fingerprint density at radius 2 is 1.83 bits per heavy atom. The molecular formula is C16H25NS. The highest BCUT2D eigenvalue weighted by atomic mass is 32.2. The van der Waals surface area contributed by atoms with E-state index in [-0.39, 0.29) is 0 Å². The second-order valence-corrected chi connectivity index (χ2v) is 6.60. The summed E-state index contributed by atoms with van der Waals surface area (Å²) < 4.78 is 0. The highest BCUT2D eigenvalue weighted by Crippen LogP contribution is 2.33. The van der Waals surface area contributed by atoms with Gasteiger partial charge in [-0.25, -0.2) is 0 Å². The third-order valence-electron chi connectivity index (χ3n) is 3.67. The van der Waals surface area contributed by atoms with E-state index in [0.717, 1.165) is 11.8 Å². The average molecular weight is 263 g/mol. The van der Waals surface area contributed by atoms with Gasteiger partial charge in [0, 0.05) is 10.1 Å². The maximum Gasteiger partial charge on any atom is 0.00944 e. The predicted octanol–water partition coefficient (Wildman–Crippen LogP) is 4.26.